The van der Waals surface area contributed by atoms with Crippen molar-refractivity contribution in [3.63, 3.8) is 0 Å². The standard InChI is InChI=1S/C16H18N4O4/c1-11-4-6-12(7-5-11)9-17-16(23)18-10-14(21)19-20-15(22)13-3-2-8-24-13/h2-8H,9-10H2,1H3,(H,19,21)(H,20,22)(H2,17,18,23). The largest absolute Gasteiger partial charge is 0.459 e. The normalized spacial score (nSPS) is 9.88. The zero-order valence-corrected chi connectivity index (χ0v) is 13.1. The van der Waals surface area contributed by atoms with Crippen LogP contribution in [0.25, 0.3) is 0 Å². The Bertz CT molecular complexity index is 695. The summed E-state index contributed by atoms with van der Waals surface area (Å²) in [5.41, 5.74) is 6.42. The van der Waals surface area contributed by atoms with Crippen molar-refractivity contribution in [1.29, 1.82) is 0 Å². The highest BCUT2D eigenvalue weighted by Crippen LogP contribution is 2.02. The van der Waals surface area contributed by atoms with E-state index in [1.54, 1.807) is 6.07 Å². The van der Waals surface area contributed by atoms with Crippen molar-refractivity contribution >= 4 is 17.8 Å². The molecule has 0 unspecified atom stereocenters. The Morgan fingerprint density at radius 1 is 1.00 bits per heavy atom. The van der Waals surface area contributed by atoms with Gasteiger partial charge < -0.3 is 15.1 Å². The van der Waals surface area contributed by atoms with Crippen molar-refractivity contribution in [2.24, 2.45) is 0 Å². The lowest BCUT2D eigenvalue weighted by Gasteiger charge is -2.09. The number of hydrogen-bond acceptors (Lipinski definition) is 4. The molecule has 0 fully saturated rings. The molecule has 0 saturated carbocycles. The Morgan fingerprint density at radius 2 is 1.75 bits per heavy atom. The maximum absolute atomic E-state index is 11.6. The van der Waals surface area contributed by atoms with Crippen LogP contribution in [-0.2, 0) is 11.3 Å². The Labute approximate surface area is 138 Å². The summed E-state index contributed by atoms with van der Waals surface area (Å²) in [5, 5.41) is 5.01. The van der Waals surface area contributed by atoms with Gasteiger partial charge in [0, 0.05) is 6.54 Å². The molecule has 1 heterocycles. The maximum atomic E-state index is 11.6. The van der Waals surface area contributed by atoms with Gasteiger partial charge in [0.05, 0.1) is 6.26 Å². The van der Waals surface area contributed by atoms with Crippen LogP contribution in [0.4, 0.5) is 4.79 Å². The molecule has 2 aromatic rings. The average Bonchev–Trinajstić information content (AvgIpc) is 3.12. The van der Waals surface area contributed by atoms with Crippen LogP contribution in [0.5, 0.6) is 0 Å². The Kier molecular flexibility index (Phi) is 5.95. The number of carbonyl (C=O) groups is 3. The van der Waals surface area contributed by atoms with Gasteiger partial charge in [-0.3, -0.25) is 20.4 Å². The fraction of sp³-hybridized carbons (Fsp3) is 0.188. The average molecular weight is 330 g/mol. The second-order valence-corrected chi connectivity index (χ2v) is 5.00. The monoisotopic (exact) mass is 330 g/mol. The fourth-order valence-electron chi connectivity index (χ4n) is 1.75. The molecule has 4 amide bonds. The first-order chi connectivity index (χ1) is 11.5. The van der Waals surface area contributed by atoms with E-state index in [1.165, 1.54) is 12.3 Å². The van der Waals surface area contributed by atoms with Crippen LogP contribution in [0.15, 0.2) is 47.1 Å². The van der Waals surface area contributed by atoms with Crippen LogP contribution in [0, 0.1) is 6.92 Å². The summed E-state index contributed by atoms with van der Waals surface area (Å²) >= 11 is 0. The van der Waals surface area contributed by atoms with Gasteiger partial charge in [-0.2, -0.15) is 0 Å². The van der Waals surface area contributed by atoms with E-state index in [0.717, 1.165) is 11.1 Å². The van der Waals surface area contributed by atoms with E-state index in [0.29, 0.717) is 6.54 Å². The number of rotatable bonds is 5. The lowest BCUT2D eigenvalue weighted by atomic mass is 10.1. The zero-order valence-electron chi connectivity index (χ0n) is 13.1. The Hall–Kier alpha value is -3.29. The molecule has 0 aliphatic carbocycles. The number of hydrogen-bond donors (Lipinski definition) is 4. The van der Waals surface area contributed by atoms with E-state index in [-0.39, 0.29) is 12.3 Å². The molecule has 2 rings (SSSR count). The summed E-state index contributed by atoms with van der Waals surface area (Å²) in [6.07, 6.45) is 1.34. The molecule has 24 heavy (non-hydrogen) atoms. The third-order valence-electron chi connectivity index (χ3n) is 3.04. The van der Waals surface area contributed by atoms with Crippen molar-refractivity contribution in [2.75, 3.05) is 6.54 Å². The van der Waals surface area contributed by atoms with Gasteiger partial charge in [-0.05, 0) is 24.6 Å². The predicted octanol–water partition coefficient (Wildman–Crippen LogP) is 0.848. The summed E-state index contributed by atoms with van der Waals surface area (Å²) in [4.78, 5) is 34.7. The molecule has 0 saturated heterocycles. The van der Waals surface area contributed by atoms with Gasteiger partial charge in [-0.1, -0.05) is 29.8 Å². The van der Waals surface area contributed by atoms with Crippen LogP contribution in [-0.4, -0.2) is 24.4 Å². The molecule has 8 heteroatoms. The summed E-state index contributed by atoms with van der Waals surface area (Å²) in [5.74, 6) is -1.09. The molecular formula is C16H18N4O4. The van der Waals surface area contributed by atoms with Crippen molar-refractivity contribution in [1.82, 2.24) is 21.5 Å². The fourth-order valence-corrected chi connectivity index (χ4v) is 1.75. The van der Waals surface area contributed by atoms with Gasteiger partial charge in [0.25, 0.3) is 5.91 Å². The molecule has 1 aromatic heterocycles. The number of nitrogens with one attached hydrogen (secondary N) is 4. The zero-order chi connectivity index (χ0) is 17.4. The SMILES string of the molecule is Cc1ccc(CNC(=O)NCC(=O)NNC(=O)c2ccco2)cc1. The number of hydrazine groups is 1. The minimum Gasteiger partial charge on any atom is -0.459 e. The first-order valence-electron chi connectivity index (χ1n) is 7.24. The Balaban J connectivity index is 1.63. The third-order valence-corrected chi connectivity index (χ3v) is 3.04. The lowest BCUT2D eigenvalue weighted by molar-refractivity contribution is -0.120. The first kappa shape index (κ1) is 17.1. The molecule has 0 aliphatic heterocycles. The number of furan rings is 1. The summed E-state index contributed by atoms with van der Waals surface area (Å²) in [6, 6.07) is 10.2. The van der Waals surface area contributed by atoms with Gasteiger partial charge in [-0.15, -0.1) is 0 Å². The number of urea groups is 1. The van der Waals surface area contributed by atoms with Crippen molar-refractivity contribution in [3.8, 4) is 0 Å². The van der Waals surface area contributed by atoms with Crippen LogP contribution < -0.4 is 21.5 Å². The summed E-state index contributed by atoms with van der Waals surface area (Å²) < 4.78 is 4.86. The Morgan fingerprint density at radius 3 is 2.42 bits per heavy atom. The molecule has 126 valence electrons. The van der Waals surface area contributed by atoms with E-state index in [9.17, 15) is 14.4 Å². The predicted molar refractivity (Wildman–Crippen MR) is 85.7 cm³/mol. The molecule has 0 spiro atoms. The van der Waals surface area contributed by atoms with Gasteiger partial charge >= 0.3 is 11.9 Å². The molecule has 0 atom stereocenters. The van der Waals surface area contributed by atoms with E-state index >= 15 is 0 Å². The highest BCUT2D eigenvalue weighted by Gasteiger charge is 2.10. The molecular weight excluding hydrogens is 312 g/mol. The van der Waals surface area contributed by atoms with Crippen molar-refractivity contribution < 1.29 is 18.8 Å². The molecule has 0 aliphatic rings. The third kappa shape index (κ3) is 5.48. The smallest absolute Gasteiger partial charge is 0.315 e. The minimum absolute atomic E-state index is 0.0686. The van der Waals surface area contributed by atoms with Crippen LogP contribution in [0.1, 0.15) is 21.7 Å². The highest BCUT2D eigenvalue weighted by molar-refractivity contribution is 5.93. The van der Waals surface area contributed by atoms with Gasteiger partial charge in [0.1, 0.15) is 6.54 Å². The second kappa shape index (κ2) is 8.37. The molecule has 1 aromatic carbocycles. The number of benzene rings is 1. The van der Waals surface area contributed by atoms with E-state index < -0.39 is 17.8 Å². The van der Waals surface area contributed by atoms with Gasteiger partial charge in [0.15, 0.2) is 5.76 Å². The summed E-state index contributed by atoms with van der Waals surface area (Å²) in [7, 11) is 0. The van der Waals surface area contributed by atoms with E-state index in [2.05, 4.69) is 21.5 Å². The minimum atomic E-state index is -0.586. The first-order valence-corrected chi connectivity index (χ1v) is 7.24. The topological polar surface area (TPSA) is 112 Å². The second-order valence-electron chi connectivity index (χ2n) is 5.00. The quantitative estimate of drug-likeness (QED) is 0.609. The van der Waals surface area contributed by atoms with Crippen molar-refractivity contribution in [2.45, 2.75) is 13.5 Å². The number of amides is 4. The molecule has 0 bridgehead atoms. The van der Waals surface area contributed by atoms with Crippen LogP contribution in [0.3, 0.4) is 0 Å². The molecule has 8 nitrogen and oxygen atoms in total. The maximum Gasteiger partial charge on any atom is 0.315 e. The van der Waals surface area contributed by atoms with Crippen LogP contribution >= 0.6 is 0 Å². The molecule has 4 N–H and O–H groups in total. The number of carbonyl (C=O) groups excluding carboxylic acids is 3. The van der Waals surface area contributed by atoms with Gasteiger partial charge in [0.2, 0.25) is 0 Å². The number of aryl methyl sites for hydroxylation is 1. The van der Waals surface area contributed by atoms with E-state index in [4.69, 9.17) is 4.42 Å². The van der Waals surface area contributed by atoms with E-state index in [1.807, 2.05) is 31.2 Å². The lowest BCUT2D eigenvalue weighted by Crippen LogP contribution is -2.47. The molecule has 0 radical (unpaired) electrons. The van der Waals surface area contributed by atoms with Gasteiger partial charge in [-0.25, -0.2) is 4.79 Å². The van der Waals surface area contributed by atoms with Crippen molar-refractivity contribution in [3.05, 3.63) is 59.5 Å². The van der Waals surface area contributed by atoms with Crippen LogP contribution in [0.2, 0.25) is 0 Å². The highest BCUT2D eigenvalue weighted by atomic mass is 16.3. The summed E-state index contributed by atoms with van der Waals surface area (Å²) in [6.45, 7) is 2.05.